The molecule has 1 saturated carbocycles. The molecule has 2 aliphatic rings. The van der Waals surface area contributed by atoms with E-state index in [-0.39, 0.29) is 5.91 Å². The number of benzene rings is 1. The zero-order chi connectivity index (χ0) is 28.6. The first-order valence-corrected chi connectivity index (χ1v) is 15.5. The smallest absolute Gasteiger partial charge is 0.408 e. The lowest BCUT2D eigenvalue weighted by atomic mass is 9.65. The summed E-state index contributed by atoms with van der Waals surface area (Å²) in [5, 5.41) is 17.3. The van der Waals surface area contributed by atoms with Crippen molar-refractivity contribution in [3.63, 3.8) is 0 Å². The number of hydrogen-bond donors (Lipinski definition) is 2. The number of anilines is 1. The number of hydrogen-bond acceptors (Lipinski definition) is 7. The predicted molar refractivity (Wildman–Crippen MR) is 159 cm³/mol. The minimum absolute atomic E-state index is 0.191. The number of nitrogens with zero attached hydrogens (tertiary/aromatic N) is 3. The van der Waals surface area contributed by atoms with Crippen molar-refractivity contribution in [3.8, 4) is 6.07 Å². The Morgan fingerprint density at radius 3 is 2.40 bits per heavy atom. The second kappa shape index (κ2) is 13.6. The lowest BCUT2D eigenvalue weighted by Crippen LogP contribution is -2.57. The van der Waals surface area contributed by atoms with Gasteiger partial charge in [-0.25, -0.2) is 4.79 Å². The number of nitrogens with one attached hydrogen (secondary N) is 2. The number of piperidine rings is 1. The molecule has 0 radical (unpaired) electrons. The summed E-state index contributed by atoms with van der Waals surface area (Å²) >= 11 is 0. The lowest BCUT2D eigenvalue weighted by Gasteiger charge is -2.42. The molecule has 2 N–H and O–H groups in total. The van der Waals surface area contributed by atoms with Crippen LogP contribution in [-0.4, -0.2) is 47.0 Å². The van der Waals surface area contributed by atoms with Crippen molar-refractivity contribution in [2.75, 3.05) is 25.0 Å². The van der Waals surface area contributed by atoms with Gasteiger partial charge in [0.2, 0.25) is 5.91 Å². The van der Waals surface area contributed by atoms with Crippen molar-refractivity contribution in [1.82, 2.24) is 15.2 Å². The lowest BCUT2D eigenvalue weighted by molar-refractivity contribution is -0.124. The fraction of sp³-hybridized carbons (Fsp3) is 0.688. The maximum absolute atomic E-state index is 13.9. The fourth-order valence-electron chi connectivity index (χ4n) is 7.13. The number of aromatic nitrogens is 1. The average Bonchev–Trinajstić information content (AvgIpc) is 2.95. The zero-order valence-corrected chi connectivity index (χ0v) is 24.6. The van der Waals surface area contributed by atoms with Gasteiger partial charge in [0.25, 0.3) is 0 Å². The highest BCUT2D eigenvalue weighted by molar-refractivity contribution is 5.91. The predicted octanol–water partition coefficient (Wildman–Crippen LogP) is 6.02. The first kappa shape index (κ1) is 30.0. The van der Waals surface area contributed by atoms with Gasteiger partial charge < -0.3 is 20.0 Å². The van der Waals surface area contributed by atoms with E-state index in [0.29, 0.717) is 47.4 Å². The van der Waals surface area contributed by atoms with Crippen molar-refractivity contribution in [2.24, 2.45) is 11.3 Å². The molecule has 1 amide bonds. The zero-order valence-electron chi connectivity index (χ0n) is 24.6. The van der Waals surface area contributed by atoms with E-state index in [1.165, 1.54) is 38.5 Å². The Morgan fingerprint density at radius 2 is 1.77 bits per heavy atom. The molecule has 40 heavy (non-hydrogen) atoms. The molecule has 1 atom stereocenters. The molecule has 0 unspecified atom stereocenters. The molecule has 2 fully saturated rings. The Balaban J connectivity index is 1.55. The summed E-state index contributed by atoms with van der Waals surface area (Å²) in [6.45, 7) is 9.31. The van der Waals surface area contributed by atoms with Crippen LogP contribution in [0.1, 0.15) is 97.8 Å². The maximum Gasteiger partial charge on any atom is 0.441 e. The Kier molecular flexibility index (Phi) is 10.2. The van der Waals surface area contributed by atoms with Gasteiger partial charge in [-0.1, -0.05) is 45.7 Å². The van der Waals surface area contributed by atoms with Gasteiger partial charge in [-0.15, -0.1) is 0 Å². The Hall–Kier alpha value is -2.92. The third-order valence-electron chi connectivity index (χ3n) is 9.29. The van der Waals surface area contributed by atoms with Crippen molar-refractivity contribution >= 4 is 22.7 Å². The molecular formula is C32H47N5O3. The van der Waals surface area contributed by atoms with Crippen LogP contribution in [0.4, 0.5) is 5.82 Å². The van der Waals surface area contributed by atoms with E-state index in [9.17, 15) is 14.9 Å². The highest BCUT2D eigenvalue weighted by Crippen LogP contribution is 2.46. The molecule has 0 bridgehead atoms. The van der Waals surface area contributed by atoms with E-state index >= 15 is 0 Å². The molecule has 2 aromatic rings. The maximum atomic E-state index is 13.9. The van der Waals surface area contributed by atoms with Gasteiger partial charge in [-0.05, 0) is 94.2 Å². The van der Waals surface area contributed by atoms with E-state index in [2.05, 4.69) is 47.4 Å². The minimum Gasteiger partial charge on any atom is -0.408 e. The first-order chi connectivity index (χ1) is 19.3. The van der Waals surface area contributed by atoms with E-state index in [4.69, 9.17) is 4.42 Å². The number of nitriles is 1. The van der Waals surface area contributed by atoms with Gasteiger partial charge in [0, 0.05) is 13.1 Å². The number of rotatable bonds is 12. The van der Waals surface area contributed by atoms with E-state index in [0.717, 1.165) is 38.9 Å². The standard InChI is InChI=1S/C32H47N5O3/c1-4-13-31(14-5-2)15-11-24(12-16-31)22-26(34-28-25-9-7-8-10-27(25)40-30(39)35-28)29(38)36-32(23-33)17-20-37(19-6-3)21-18-32/h7-10,24,26H,4-6,11-22H2,1-3H3,(H,36,38)(H,34,35,39)/t26-/m1/s1. The largest absolute Gasteiger partial charge is 0.441 e. The summed E-state index contributed by atoms with van der Waals surface area (Å²) in [5.41, 5.74) is -0.0164. The Labute approximate surface area is 238 Å². The van der Waals surface area contributed by atoms with Crippen LogP contribution in [0.2, 0.25) is 0 Å². The van der Waals surface area contributed by atoms with E-state index in [1.54, 1.807) is 6.07 Å². The second-order valence-electron chi connectivity index (χ2n) is 12.2. The molecular weight excluding hydrogens is 502 g/mol. The molecule has 1 aliphatic carbocycles. The Morgan fingerprint density at radius 1 is 1.10 bits per heavy atom. The van der Waals surface area contributed by atoms with Crippen molar-refractivity contribution in [3.05, 3.63) is 34.8 Å². The molecule has 4 rings (SSSR count). The topological polar surface area (TPSA) is 111 Å². The average molecular weight is 550 g/mol. The number of carbonyl (C=O) groups is 1. The summed E-state index contributed by atoms with van der Waals surface area (Å²) in [5.74, 6) is -0.138. The third-order valence-corrected chi connectivity index (χ3v) is 9.29. The van der Waals surface area contributed by atoms with E-state index in [1.807, 2.05) is 18.2 Å². The van der Waals surface area contributed by atoms with Crippen LogP contribution in [0.3, 0.4) is 0 Å². The van der Waals surface area contributed by atoms with Crippen LogP contribution < -0.4 is 16.4 Å². The van der Waals surface area contributed by atoms with Gasteiger partial charge >= 0.3 is 5.76 Å². The molecule has 1 aliphatic heterocycles. The third kappa shape index (κ3) is 7.23. The Bertz CT molecular complexity index is 1210. The van der Waals surface area contributed by atoms with Crippen LogP contribution in [0.25, 0.3) is 11.0 Å². The van der Waals surface area contributed by atoms with Crippen LogP contribution in [0.5, 0.6) is 0 Å². The number of carbonyl (C=O) groups excluding carboxylic acids is 1. The molecule has 218 valence electrons. The normalized spacial score (nSPS) is 20.1. The molecule has 1 aromatic heterocycles. The van der Waals surface area contributed by atoms with Gasteiger partial charge in [-0.2, -0.15) is 10.2 Å². The monoisotopic (exact) mass is 549 g/mol. The van der Waals surface area contributed by atoms with Crippen LogP contribution in [0, 0.1) is 22.7 Å². The highest BCUT2D eigenvalue weighted by Gasteiger charge is 2.39. The van der Waals surface area contributed by atoms with Gasteiger partial charge in [0.1, 0.15) is 23.0 Å². The first-order valence-electron chi connectivity index (χ1n) is 15.5. The number of para-hydroxylation sites is 1. The van der Waals surface area contributed by atoms with Crippen LogP contribution in [-0.2, 0) is 4.79 Å². The molecule has 8 nitrogen and oxygen atoms in total. The van der Waals surface area contributed by atoms with Gasteiger partial charge in [-0.3, -0.25) is 4.79 Å². The molecule has 2 heterocycles. The summed E-state index contributed by atoms with van der Waals surface area (Å²) < 4.78 is 5.29. The van der Waals surface area contributed by atoms with Crippen LogP contribution in [0.15, 0.2) is 33.5 Å². The molecule has 1 aromatic carbocycles. The molecule has 1 saturated heterocycles. The minimum atomic E-state index is -0.879. The molecule has 8 heteroatoms. The number of amides is 1. The van der Waals surface area contributed by atoms with Crippen LogP contribution >= 0.6 is 0 Å². The van der Waals surface area contributed by atoms with Gasteiger partial charge in [0.15, 0.2) is 0 Å². The number of likely N-dealkylation sites (tertiary alicyclic amines) is 1. The molecule has 0 spiro atoms. The fourth-order valence-corrected chi connectivity index (χ4v) is 7.13. The van der Waals surface area contributed by atoms with Crippen molar-refractivity contribution in [2.45, 2.75) is 109 Å². The second-order valence-corrected chi connectivity index (χ2v) is 12.2. The van der Waals surface area contributed by atoms with Crippen molar-refractivity contribution < 1.29 is 9.21 Å². The van der Waals surface area contributed by atoms with E-state index < -0.39 is 17.3 Å². The summed E-state index contributed by atoms with van der Waals surface area (Å²) in [6, 6.07) is 9.08. The highest BCUT2D eigenvalue weighted by atomic mass is 16.4. The van der Waals surface area contributed by atoms with Gasteiger partial charge in [0.05, 0.1) is 11.5 Å². The quantitative estimate of drug-likeness (QED) is 0.333. The summed E-state index contributed by atoms with van der Waals surface area (Å²) in [7, 11) is 0. The summed E-state index contributed by atoms with van der Waals surface area (Å²) in [4.78, 5) is 32.7. The SMILES string of the molecule is CCCN1CCC(C#N)(NC(=O)[C@@H](CC2CCC(CCC)(CCC)CC2)Nc2nc(=O)oc3ccccc23)CC1. The number of fused-ring (bicyclic) bond motifs is 1. The van der Waals surface area contributed by atoms with Crippen molar-refractivity contribution in [1.29, 1.82) is 5.26 Å². The summed E-state index contributed by atoms with van der Waals surface area (Å²) in [6.07, 6.45) is 12.4.